The summed E-state index contributed by atoms with van der Waals surface area (Å²) in [6.45, 7) is 1.03. The van der Waals surface area contributed by atoms with Crippen LogP contribution in [0, 0.1) is 11.3 Å². The van der Waals surface area contributed by atoms with Crippen molar-refractivity contribution in [2.75, 3.05) is 13.7 Å². The second-order valence-electron chi connectivity index (χ2n) is 8.23. The summed E-state index contributed by atoms with van der Waals surface area (Å²) in [5.74, 6) is -1.36. The molecule has 1 aromatic rings. The molecular formula is C23H28N2O4. The molecular weight excluding hydrogens is 368 g/mol. The van der Waals surface area contributed by atoms with E-state index in [0.29, 0.717) is 19.5 Å². The Morgan fingerprint density at radius 1 is 1.17 bits per heavy atom. The molecule has 0 spiro atoms. The summed E-state index contributed by atoms with van der Waals surface area (Å²) in [5.41, 5.74) is 2.05. The van der Waals surface area contributed by atoms with Crippen molar-refractivity contribution in [1.29, 1.82) is 0 Å². The Balaban J connectivity index is 1.62. The first-order valence-electron chi connectivity index (χ1n) is 10.5. The predicted octanol–water partition coefficient (Wildman–Crippen LogP) is 2.93. The summed E-state index contributed by atoms with van der Waals surface area (Å²) in [6.07, 6.45) is 5.19. The van der Waals surface area contributed by atoms with Crippen LogP contribution in [0.25, 0.3) is 0 Å². The van der Waals surface area contributed by atoms with Crippen molar-refractivity contribution in [2.24, 2.45) is 11.3 Å². The van der Waals surface area contributed by atoms with E-state index < -0.39 is 11.3 Å². The Labute approximate surface area is 171 Å². The van der Waals surface area contributed by atoms with Crippen molar-refractivity contribution in [2.45, 2.75) is 51.5 Å². The quantitative estimate of drug-likeness (QED) is 0.777. The van der Waals surface area contributed by atoms with Gasteiger partial charge in [-0.3, -0.25) is 14.4 Å². The minimum absolute atomic E-state index is 0.00798. The van der Waals surface area contributed by atoms with Crippen LogP contribution >= 0.6 is 0 Å². The third-order valence-electron chi connectivity index (χ3n) is 6.62. The molecule has 6 nitrogen and oxygen atoms in total. The molecule has 0 radical (unpaired) electrons. The van der Waals surface area contributed by atoms with Gasteiger partial charge in [-0.15, -0.1) is 0 Å². The molecule has 2 heterocycles. The van der Waals surface area contributed by atoms with Crippen molar-refractivity contribution >= 4 is 17.8 Å². The van der Waals surface area contributed by atoms with Crippen molar-refractivity contribution in [1.82, 2.24) is 10.2 Å². The molecule has 1 fully saturated rings. The molecule has 0 saturated carbocycles. The van der Waals surface area contributed by atoms with Crippen molar-refractivity contribution in [3.63, 3.8) is 0 Å². The SMILES string of the molecule is COC(=O)[C@@]12CCCCC3=C1N(CCC3)C(=O)[C@H]2CC(=O)NCc1ccccc1. The Hall–Kier alpha value is -2.63. The van der Waals surface area contributed by atoms with Crippen molar-refractivity contribution in [3.05, 3.63) is 47.2 Å². The highest BCUT2D eigenvalue weighted by atomic mass is 16.5. The number of carbonyl (C=O) groups is 3. The molecule has 0 aromatic heterocycles. The first-order valence-corrected chi connectivity index (χ1v) is 10.5. The van der Waals surface area contributed by atoms with Gasteiger partial charge in [-0.25, -0.2) is 0 Å². The number of hydrogen-bond acceptors (Lipinski definition) is 4. The second-order valence-corrected chi connectivity index (χ2v) is 8.23. The van der Waals surface area contributed by atoms with E-state index in [-0.39, 0.29) is 24.2 Å². The lowest BCUT2D eigenvalue weighted by molar-refractivity contribution is -0.155. The normalized spacial score (nSPS) is 26.0. The van der Waals surface area contributed by atoms with Crippen LogP contribution in [0.1, 0.15) is 50.5 Å². The first-order chi connectivity index (χ1) is 14.1. The molecule has 0 bridgehead atoms. The van der Waals surface area contributed by atoms with Gasteiger partial charge in [-0.05, 0) is 43.2 Å². The molecule has 29 heavy (non-hydrogen) atoms. The van der Waals surface area contributed by atoms with E-state index in [1.165, 1.54) is 12.7 Å². The van der Waals surface area contributed by atoms with Crippen LogP contribution in [-0.4, -0.2) is 36.3 Å². The maximum atomic E-state index is 13.3. The van der Waals surface area contributed by atoms with Crippen LogP contribution in [0.15, 0.2) is 41.6 Å². The number of hydrogen-bond donors (Lipinski definition) is 1. The van der Waals surface area contributed by atoms with E-state index in [0.717, 1.165) is 43.4 Å². The van der Waals surface area contributed by atoms with E-state index in [1.54, 1.807) is 4.90 Å². The average molecular weight is 396 g/mol. The largest absolute Gasteiger partial charge is 0.468 e. The number of rotatable bonds is 5. The highest BCUT2D eigenvalue weighted by Gasteiger charge is 2.62. The number of esters is 1. The highest BCUT2D eigenvalue weighted by molar-refractivity contribution is 5.99. The van der Waals surface area contributed by atoms with E-state index in [4.69, 9.17) is 4.74 Å². The highest BCUT2D eigenvalue weighted by Crippen LogP contribution is 2.56. The lowest BCUT2D eigenvalue weighted by Gasteiger charge is -2.34. The van der Waals surface area contributed by atoms with Gasteiger partial charge in [0.2, 0.25) is 11.8 Å². The van der Waals surface area contributed by atoms with Crippen LogP contribution in [0.4, 0.5) is 0 Å². The maximum Gasteiger partial charge on any atom is 0.318 e. The Bertz CT molecular complexity index is 848. The van der Waals surface area contributed by atoms with Gasteiger partial charge in [0, 0.05) is 25.2 Å². The fourth-order valence-corrected chi connectivity index (χ4v) is 5.33. The van der Waals surface area contributed by atoms with E-state index in [2.05, 4.69) is 5.32 Å². The van der Waals surface area contributed by atoms with Crippen molar-refractivity contribution in [3.8, 4) is 0 Å². The van der Waals surface area contributed by atoms with Gasteiger partial charge in [0.25, 0.3) is 0 Å². The topological polar surface area (TPSA) is 75.7 Å². The van der Waals surface area contributed by atoms with E-state index >= 15 is 0 Å². The minimum Gasteiger partial charge on any atom is -0.468 e. The van der Waals surface area contributed by atoms with E-state index in [1.807, 2.05) is 30.3 Å². The monoisotopic (exact) mass is 396 g/mol. The van der Waals surface area contributed by atoms with E-state index in [9.17, 15) is 14.4 Å². The zero-order valence-electron chi connectivity index (χ0n) is 16.9. The number of nitrogens with zero attached hydrogens (tertiary/aromatic N) is 1. The molecule has 1 saturated heterocycles. The lowest BCUT2D eigenvalue weighted by atomic mass is 9.70. The molecule has 3 aliphatic rings. The summed E-state index contributed by atoms with van der Waals surface area (Å²) in [4.78, 5) is 41.0. The van der Waals surface area contributed by atoms with Crippen LogP contribution in [0.5, 0.6) is 0 Å². The molecule has 6 heteroatoms. The number of benzene rings is 1. The van der Waals surface area contributed by atoms with Gasteiger partial charge >= 0.3 is 5.97 Å². The third-order valence-corrected chi connectivity index (χ3v) is 6.62. The van der Waals surface area contributed by atoms with Gasteiger partial charge in [0.05, 0.1) is 13.0 Å². The number of allylic oxidation sites excluding steroid dienone is 1. The zero-order valence-corrected chi connectivity index (χ0v) is 16.9. The van der Waals surface area contributed by atoms with Gasteiger partial charge < -0.3 is 15.0 Å². The predicted molar refractivity (Wildman–Crippen MR) is 107 cm³/mol. The fourth-order valence-electron chi connectivity index (χ4n) is 5.33. The molecule has 2 amide bonds. The van der Waals surface area contributed by atoms with Crippen molar-refractivity contribution < 1.29 is 19.1 Å². The number of amides is 2. The first kappa shape index (κ1) is 19.7. The van der Waals surface area contributed by atoms with Crippen LogP contribution in [-0.2, 0) is 25.7 Å². The summed E-state index contributed by atoms with van der Waals surface area (Å²) in [6, 6.07) is 9.66. The van der Waals surface area contributed by atoms with Crippen LogP contribution < -0.4 is 5.32 Å². The summed E-state index contributed by atoms with van der Waals surface area (Å²) in [5, 5.41) is 2.91. The van der Waals surface area contributed by atoms with Crippen LogP contribution in [0.2, 0.25) is 0 Å². The van der Waals surface area contributed by atoms with Gasteiger partial charge in [0.15, 0.2) is 0 Å². The molecule has 2 aliphatic heterocycles. The maximum absolute atomic E-state index is 13.3. The number of ether oxygens (including phenoxy) is 1. The molecule has 154 valence electrons. The van der Waals surface area contributed by atoms with Gasteiger partial charge in [-0.2, -0.15) is 0 Å². The molecule has 1 aromatic carbocycles. The molecule has 2 atom stereocenters. The molecule has 0 unspecified atom stereocenters. The Kier molecular flexibility index (Phi) is 5.43. The number of methoxy groups -OCH3 is 1. The number of nitrogens with one attached hydrogen (secondary N) is 1. The zero-order chi connectivity index (χ0) is 20.4. The Morgan fingerprint density at radius 2 is 1.93 bits per heavy atom. The average Bonchev–Trinajstić information content (AvgIpc) is 2.88. The van der Waals surface area contributed by atoms with Crippen LogP contribution in [0.3, 0.4) is 0 Å². The standard InChI is InChI=1S/C23H28N2O4/c1-29-22(28)23-12-6-5-10-17-11-7-13-25(20(17)23)21(27)18(23)14-19(26)24-15-16-8-3-2-4-9-16/h2-4,8-9,18H,5-7,10-15H2,1H3,(H,24,26)/t18-,23-/m1/s1. The third kappa shape index (κ3) is 3.34. The molecule has 4 rings (SSSR count). The van der Waals surface area contributed by atoms with Gasteiger partial charge in [0.1, 0.15) is 5.41 Å². The molecule has 1 N–H and O–H groups in total. The number of carbonyl (C=O) groups excluding carboxylic acids is 3. The second kappa shape index (κ2) is 8.01. The summed E-state index contributed by atoms with van der Waals surface area (Å²) < 4.78 is 5.22. The smallest absolute Gasteiger partial charge is 0.318 e. The molecule has 1 aliphatic carbocycles. The minimum atomic E-state index is -1.01. The Morgan fingerprint density at radius 3 is 2.69 bits per heavy atom. The summed E-state index contributed by atoms with van der Waals surface area (Å²) in [7, 11) is 1.38. The van der Waals surface area contributed by atoms with Gasteiger partial charge in [-0.1, -0.05) is 36.8 Å². The lowest BCUT2D eigenvalue weighted by Crippen LogP contribution is -2.41. The fraction of sp³-hybridized carbons (Fsp3) is 0.522. The summed E-state index contributed by atoms with van der Waals surface area (Å²) >= 11 is 0.